The van der Waals surface area contributed by atoms with Gasteiger partial charge in [-0.3, -0.25) is 0 Å². The molecule has 23 nitrogen and oxygen atoms in total. The molecule has 0 saturated heterocycles. The Hall–Kier alpha value is -6.22. The van der Waals surface area contributed by atoms with Crippen molar-refractivity contribution in [2.75, 3.05) is 174 Å². The minimum atomic E-state index is 0.0302. The van der Waals surface area contributed by atoms with Gasteiger partial charge in [-0.25, -0.2) is 29.3 Å². The first kappa shape index (κ1) is 69.3. The average molecular weight is 1220 g/mol. The van der Waals surface area contributed by atoms with Crippen molar-refractivity contribution in [3.05, 3.63) is 109 Å². The second-order valence-corrected chi connectivity index (χ2v) is 22.0. The third kappa shape index (κ3) is 25.3. The number of benzene rings is 2. The molecular formula is C65H98N12O11. The lowest BCUT2D eigenvalue weighted by Gasteiger charge is -2.29. The van der Waals surface area contributed by atoms with Gasteiger partial charge in [0, 0.05) is 59.3 Å². The van der Waals surface area contributed by atoms with Crippen molar-refractivity contribution in [2.45, 2.75) is 102 Å². The van der Waals surface area contributed by atoms with Crippen LogP contribution in [0.4, 0.5) is 23.5 Å². The summed E-state index contributed by atoms with van der Waals surface area (Å²) in [5.74, 6) is 3.31. The molecule has 2 aliphatic rings. The van der Waals surface area contributed by atoms with Crippen LogP contribution in [0.25, 0.3) is 22.5 Å². The Morgan fingerprint density at radius 3 is 1.12 bits per heavy atom. The number of aliphatic hydroxyl groups is 1. The topological polar surface area (TPSA) is 230 Å². The quantitative estimate of drug-likeness (QED) is 0.0309. The molecule has 0 unspecified atom stereocenters. The number of rotatable bonds is 42. The zero-order valence-corrected chi connectivity index (χ0v) is 52.8. The molecule has 2 aromatic carbocycles. The van der Waals surface area contributed by atoms with Crippen LogP contribution in [0, 0.1) is 0 Å². The van der Waals surface area contributed by atoms with Crippen molar-refractivity contribution in [2.24, 2.45) is 0 Å². The zero-order chi connectivity index (χ0) is 61.6. The number of hydrogen-bond acceptors (Lipinski definition) is 21. The monoisotopic (exact) mass is 1220 g/mol. The summed E-state index contributed by atoms with van der Waals surface area (Å²) >= 11 is 0. The average Bonchev–Trinajstić information content (AvgIpc) is 3.67. The molecule has 88 heavy (non-hydrogen) atoms. The summed E-state index contributed by atoms with van der Waals surface area (Å²) in [4.78, 5) is 22.9. The van der Waals surface area contributed by atoms with Crippen LogP contribution in [0.3, 0.4) is 0 Å². The molecule has 0 radical (unpaired) electrons. The van der Waals surface area contributed by atoms with Crippen LogP contribution in [-0.2, 0) is 60.5 Å². The molecule has 0 atom stereocenters. The molecule has 0 aliphatic heterocycles. The van der Waals surface area contributed by atoms with Gasteiger partial charge in [0.1, 0.15) is 11.6 Å². The number of nitrogens with one attached hydrogen (secondary N) is 2. The van der Waals surface area contributed by atoms with Crippen molar-refractivity contribution in [3.8, 4) is 22.5 Å². The van der Waals surface area contributed by atoms with Crippen molar-refractivity contribution < 1.29 is 52.5 Å². The summed E-state index contributed by atoms with van der Waals surface area (Å²) in [7, 11) is 8.14. The van der Waals surface area contributed by atoms with Gasteiger partial charge in [0.05, 0.1) is 179 Å². The molecule has 4 aromatic heterocycles. The number of aliphatic hydroxyl groups excluding tert-OH is 1. The van der Waals surface area contributed by atoms with E-state index in [2.05, 4.69) is 83.9 Å². The number of aromatic nitrogens is 8. The molecule has 0 amide bonds. The van der Waals surface area contributed by atoms with Crippen LogP contribution in [0.15, 0.2) is 97.6 Å². The van der Waals surface area contributed by atoms with Crippen molar-refractivity contribution in [3.63, 3.8) is 0 Å². The highest BCUT2D eigenvalue weighted by Gasteiger charge is 2.25. The summed E-state index contributed by atoms with van der Waals surface area (Å²) < 4.78 is 59.8. The second-order valence-electron chi connectivity index (χ2n) is 22.0. The summed E-state index contributed by atoms with van der Waals surface area (Å²) in [5.41, 5.74) is 6.07. The van der Waals surface area contributed by atoms with E-state index in [1.807, 2.05) is 98.7 Å². The maximum Gasteiger partial charge on any atom is 0.223 e. The van der Waals surface area contributed by atoms with Gasteiger partial charge in [-0.1, -0.05) is 67.6 Å². The number of ether oxygens (including phenoxy) is 10. The Labute approximate surface area is 521 Å². The van der Waals surface area contributed by atoms with E-state index in [1.54, 1.807) is 0 Å². The third-order valence-electron chi connectivity index (χ3n) is 14.7. The Kier molecular flexibility index (Phi) is 32.4. The van der Waals surface area contributed by atoms with E-state index in [1.165, 1.54) is 11.1 Å². The molecular weight excluding hydrogens is 1120 g/mol. The van der Waals surface area contributed by atoms with Gasteiger partial charge >= 0.3 is 0 Å². The zero-order valence-electron chi connectivity index (χ0n) is 52.8. The first-order valence-electron chi connectivity index (χ1n) is 31.5. The van der Waals surface area contributed by atoms with Gasteiger partial charge in [0.15, 0.2) is 0 Å². The first-order chi connectivity index (χ1) is 43.3. The highest BCUT2D eigenvalue weighted by atomic mass is 16.6. The Balaban J connectivity index is 0.000000251. The predicted molar refractivity (Wildman–Crippen MR) is 341 cm³/mol. The number of nitrogens with zero attached hydrogens (tertiary/aromatic N) is 10. The Morgan fingerprint density at radius 1 is 0.443 bits per heavy atom. The minimum absolute atomic E-state index is 0.0302. The fourth-order valence-corrected chi connectivity index (χ4v) is 10.4. The number of anilines is 4. The molecule has 23 heteroatoms. The van der Waals surface area contributed by atoms with Crippen LogP contribution in [0.1, 0.15) is 75.8 Å². The maximum atomic E-state index is 8.63. The van der Waals surface area contributed by atoms with Crippen molar-refractivity contribution >= 4 is 23.5 Å². The van der Waals surface area contributed by atoms with E-state index in [-0.39, 0.29) is 18.8 Å². The standard InChI is InChI=1S/C33H50N6O5.C32H48N6O6/c1-4-16-40-17-18-41-19-20-42-21-22-43-23-24-44-29-12-10-28(11-13-29)36-33-34-15-14-31(37-33)30-25-35-39(32(30)38(2)3)26-27-8-6-5-7-9-27;1-37(2)31-29(24-34-38(31)25-26-6-4-3-5-7-26)30-12-13-33-32(36-30)35-27-8-10-28(11-9-27)44-23-22-43-21-20-42-19-18-41-17-16-40-15-14-39/h5-9,14-15,25,28-29H,4,10-13,16-24,26H2,1-3H3,(H,34,36,37);3-7,12-13,24,27-28,39H,8-11,14-23,25H2,1-2H3,(H,33,35,36). The first-order valence-corrected chi connectivity index (χ1v) is 31.5. The van der Waals surface area contributed by atoms with E-state index in [4.69, 9.17) is 62.4 Å². The van der Waals surface area contributed by atoms with E-state index < -0.39 is 0 Å². The summed E-state index contributed by atoms with van der Waals surface area (Å²) in [5, 5.41) is 25.1. The number of hydrogen-bond donors (Lipinski definition) is 3. The minimum Gasteiger partial charge on any atom is -0.394 e. The van der Waals surface area contributed by atoms with Gasteiger partial charge in [0.25, 0.3) is 0 Å². The van der Waals surface area contributed by atoms with Gasteiger partial charge in [-0.2, -0.15) is 10.2 Å². The fraction of sp³-hybridized carbons (Fsp3) is 0.600. The second kappa shape index (κ2) is 41.1. The SMILES string of the molecule is CCCOCCOCCOCCOCCOC1CCC(Nc2nccc(-c3cnn(Cc4ccccc4)c3N(C)C)n2)CC1.CN(C)c1c(-c2ccnc(NC3CCC(OCCOCCOCCOCCOCCO)CC3)n2)cnn1Cc1ccccc1. The van der Waals surface area contributed by atoms with Crippen LogP contribution in [0.2, 0.25) is 0 Å². The van der Waals surface area contributed by atoms with Gasteiger partial charge in [0.2, 0.25) is 11.9 Å². The molecule has 6 aromatic rings. The normalized spacial score (nSPS) is 16.7. The molecule has 2 saturated carbocycles. The lowest BCUT2D eigenvalue weighted by molar-refractivity contribution is -0.0306. The highest BCUT2D eigenvalue weighted by Crippen LogP contribution is 2.32. The lowest BCUT2D eigenvalue weighted by Crippen LogP contribution is -2.31. The summed E-state index contributed by atoms with van der Waals surface area (Å²) in [6.45, 7) is 13.5. The van der Waals surface area contributed by atoms with E-state index >= 15 is 0 Å². The molecule has 8 rings (SSSR count). The van der Waals surface area contributed by atoms with Crippen LogP contribution >= 0.6 is 0 Å². The Morgan fingerprint density at radius 2 is 0.784 bits per heavy atom. The van der Waals surface area contributed by atoms with Crippen molar-refractivity contribution in [1.29, 1.82) is 0 Å². The molecule has 2 fully saturated rings. The van der Waals surface area contributed by atoms with Gasteiger partial charge in [-0.05, 0) is 81.0 Å². The van der Waals surface area contributed by atoms with Crippen LogP contribution in [-0.4, -0.2) is 223 Å². The lowest BCUT2D eigenvalue weighted by atomic mass is 9.93. The third-order valence-corrected chi connectivity index (χ3v) is 14.7. The van der Waals surface area contributed by atoms with Crippen LogP contribution < -0.4 is 20.4 Å². The van der Waals surface area contributed by atoms with Crippen LogP contribution in [0.5, 0.6) is 0 Å². The van der Waals surface area contributed by atoms with E-state index in [0.717, 1.165) is 98.5 Å². The smallest absolute Gasteiger partial charge is 0.223 e. The van der Waals surface area contributed by atoms with Crippen molar-refractivity contribution in [1.82, 2.24) is 39.5 Å². The summed E-state index contributed by atoms with van der Waals surface area (Å²) in [6.07, 6.45) is 17.0. The van der Waals surface area contributed by atoms with E-state index in [9.17, 15) is 0 Å². The molecule has 0 spiro atoms. The van der Waals surface area contributed by atoms with Gasteiger partial charge < -0.3 is 72.9 Å². The predicted octanol–water partition coefficient (Wildman–Crippen LogP) is 7.92. The van der Waals surface area contributed by atoms with Gasteiger partial charge in [-0.15, -0.1) is 0 Å². The Bertz CT molecular complexity index is 2560. The molecule has 2 aliphatic carbocycles. The molecule has 484 valence electrons. The molecule has 0 bridgehead atoms. The maximum absolute atomic E-state index is 8.63. The highest BCUT2D eigenvalue weighted by molar-refractivity contribution is 5.74. The summed E-state index contributed by atoms with van der Waals surface area (Å²) in [6, 6.07) is 25.2. The molecule has 4 heterocycles. The fourth-order valence-electron chi connectivity index (χ4n) is 10.4. The van der Waals surface area contributed by atoms with E-state index in [0.29, 0.717) is 149 Å². The largest absolute Gasteiger partial charge is 0.394 e. The molecule has 3 N–H and O–H groups in total.